The van der Waals surface area contributed by atoms with Crippen LogP contribution in [0.2, 0.25) is 0 Å². The third kappa shape index (κ3) is 5.70. The fourth-order valence-electron chi connectivity index (χ4n) is 5.47. The molecule has 0 saturated carbocycles. The standard InChI is InChI=1S/C30H28F3N7O2S/c31-30(32,33)20-13-23(39-29-24(20)25(34)27(43-29)28(35)42)40-11-8-18(9-12-40)37-15-22(41)21-7-6-17(14-38-21)19-5-1-3-16-4-2-10-36-26(16)19/h1-7,10,13-14,18,22,37,41H,8-9,11-12,15,34H2,(H2,35,42). The molecule has 0 bridgehead atoms. The second kappa shape index (κ2) is 11.4. The number of hydrogen-bond donors (Lipinski definition) is 4. The Kier molecular flexibility index (Phi) is 7.63. The number of aromatic nitrogens is 3. The molecule has 1 unspecified atom stereocenters. The molecule has 0 aliphatic carbocycles. The average molecular weight is 608 g/mol. The van der Waals surface area contributed by atoms with Crippen molar-refractivity contribution in [1.29, 1.82) is 0 Å². The molecule has 1 aliphatic rings. The van der Waals surface area contributed by atoms with Crippen molar-refractivity contribution in [2.24, 2.45) is 5.73 Å². The minimum atomic E-state index is -4.69. The number of benzene rings is 1. The molecular formula is C30H28F3N7O2S. The van der Waals surface area contributed by atoms with E-state index in [2.05, 4.69) is 20.3 Å². The van der Waals surface area contributed by atoms with Crippen molar-refractivity contribution in [2.75, 3.05) is 30.3 Å². The molecule has 43 heavy (non-hydrogen) atoms. The van der Waals surface area contributed by atoms with Gasteiger partial charge in [0.25, 0.3) is 5.91 Å². The lowest BCUT2D eigenvalue weighted by atomic mass is 10.0. The Morgan fingerprint density at radius 1 is 1.14 bits per heavy atom. The Labute approximate surface area is 248 Å². The normalized spacial score (nSPS) is 15.3. The Bertz CT molecular complexity index is 1800. The Hall–Kier alpha value is -4.33. The van der Waals surface area contributed by atoms with Gasteiger partial charge in [0.15, 0.2) is 0 Å². The van der Waals surface area contributed by atoms with Crippen molar-refractivity contribution < 1.29 is 23.1 Å². The van der Waals surface area contributed by atoms with E-state index < -0.39 is 23.8 Å². The lowest BCUT2D eigenvalue weighted by Gasteiger charge is -2.34. The molecule has 9 nitrogen and oxygen atoms in total. The van der Waals surface area contributed by atoms with Gasteiger partial charge in [0.1, 0.15) is 21.6 Å². The molecule has 222 valence electrons. The summed E-state index contributed by atoms with van der Waals surface area (Å²) in [4.78, 5) is 26.7. The number of rotatable bonds is 7. The molecule has 0 spiro atoms. The number of thiophene rings is 1. The van der Waals surface area contributed by atoms with Gasteiger partial charge in [-0.25, -0.2) is 4.98 Å². The lowest BCUT2D eigenvalue weighted by Crippen LogP contribution is -2.44. The molecule has 1 saturated heterocycles. The van der Waals surface area contributed by atoms with E-state index in [1.807, 2.05) is 36.4 Å². The largest absolute Gasteiger partial charge is 0.417 e. The number of pyridine rings is 3. The van der Waals surface area contributed by atoms with Crippen molar-refractivity contribution in [3.05, 3.63) is 77.1 Å². The molecule has 13 heteroatoms. The van der Waals surface area contributed by atoms with Crippen LogP contribution in [0.4, 0.5) is 24.7 Å². The van der Waals surface area contributed by atoms with E-state index in [9.17, 15) is 23.1 Å². The molecular weight excluding hydrogens is 579 g/mol. The van der Waals surface area contributed by atoms with E-state index in [4.69, 9.17) is 11.5 Å². The predicted octanol–water partition coefficient (Wildman–Crippen LogP) is 4.90. The Morgan fingerprint density at radius 2 is 1.91 bits per heavy atom. The zero-order valence-corrected chi connectivity index (χ0v) is 23.6. The van der Waals surface area contributed by atoms with Gasteiger partial charge >= 0.3 is 6.18 Å². The highest BCUT2D eigenvalue weighted by molar-refractivity contribution is 7.21. The predicted molar refractivity (Wildman–Crippen MR) is 161 cm³/mol. The summed E-state index contributed by atoms with van der Waals surface area (Å²) in [7, 11) is 0. The molecule has 6 N–H and O–H groups in total. The molecule has 1 aliphatic heterocycles. The number of aliphatic hydroxyl groups excluding tert-OH is 1. The number of nitrogen functional groups attached to an aromatic ring is 1. The number of primary amides is 1. The zero-order chi connectivity index (χ0) is 30.3. The molecule has 1 amide bonds. The summed E-state index contributed by atoms with van der Waals surface area (Å²) in [5.41, 5.74) is 13.2. The summed E-state index contributed by atoms with van der Waals surface area (Å²) in [6.45, 7) is 1.19. The van der Waals surface area contributed by atoms with Crippen molar-refractivity contribution in [3.63, 3.8) is 0 Å². The van der Waals surface area contributed by atoms with E-state index in [0.29, 0.717) is 31.6 Å². The van der Waals surface area contributed by atoms with Gasteiger partial charge in [0.05, 0.1) is 22.5 Å². The smallest absolute Gasteiger partial charge is 0.397 e. The summed E-state index contributed by atoms with van der Waals surface area (Å²) in [5.74, 6) is -0.723. The fourth-order valence-corrected chi connectivity index (χ4v) is 6.44. The number of fused-ring (bicyclic) bond motifs is 2. The first-order chi connectivity index (χ1) is 20.6. The minimum Gasteiger partial charge on any atom is -0.397 e. The topological polar surface area (TPSA) is 143 Å². The van der Waals surface area contributed by atoms with E-state index in [1.165, 1.54) is 0 Å². The number of piperidine rings is 1. The fraction of sp³-hybridized carbons (Fsp3) is 0.267. The van der Waals surface area contributed by atoms with Crippen LogP contribution >= 0.6 is 11.3 Å². The number of para-hydroxylation sites is 1. The van der Waals surface area contributed by atoms with Crippen LogP contribution in [0.25, 0.3) is 32.2 Å². The maximum absolute atomic E-state index is 13.9. The van der Waals surface area contributed by atoms with E-state index >= 15 is 0 Å². The van der Waals surface area contributed by atoms with Gasteiger partial charge in [0, 0.05) is 60.0 Å². The molecule has 5 heterocycles. The summed E-state index contributed by atoms with van der Waals surface area (Å²) in [6.07, 6.45) is -0.773. The van der Waals surface area contributed by atoms with E-state index in [0.717, 1.165) is 39.4 Å². The molecule has 5 aromatic rings. The van der Waals surface area contributed by atoms with Crippen LogP contribution in [0.15, 0.2) is 60.9 Å². The maximum atomic E-state index is 13.9. The summed E-state index contributed by atoms with van der Waals surface area (Å²) in [5, 5.41) is 14.9. The lowest BCUT2D eigenvalue weighted by molar-refractivity contribution is -0.136. The Balaban J connectivity index is 1.09. The molecule has 0 radical (unpaired) electrons. The van der Waals surface area contributed by atoms with E-state index in [-0.39, 0.29) is 39.2 Å². The van der Waals surface area contributed by atoms with Gasteiger partial charge in [-0.2, -0.15) is 13.2 Å². The number of nitrogens with one attached hydrogen (secondary N) is 1. The van der Waals surface area contributed by atoms with Crippen molar-refractivity contribution in [3.8, 4) is 11.1 Å². The first-order valence-electron chi connectivity index (χ1n) is 13.7. The second-order valence-electron chi connectivity index (χ2n) is 10.5. The van der Waals surface area contributed by atoms with Gasteiger partial charge in [-0.15, -0.1) is 11.3 Å². The molecule has 4 aromatic heterocycles. The summed E-state index contributed by atoms with van der Waals surface area (Å²) in [6, 6.07) is 14.6. The van der Waals surface area contributed by atoms with Crippen LogP contribution in [0, 0.1) is 0 Å². The van der Waals surface area contributed by atoms with Crippen molar-refractivity contribution in [1.82, 2.24) is 20.3 Å². The van der Waals surface area contributed by atoms with Gasteiger partial charge in [-0.1, -0.05) is 30.3 Å². The molecule has 1 fully saturated rings. The van der Waals surface area contributed by atoms with Crippen LogP contribution < -0.4 is 21.7 Å². The first-order valence-corrected chi connectivity index (χ1v) is 14.5. The van der Waals surface area contributed by atoms with Crippen LogP contribution in [-0.4, -0.2) is 51.6 Å². The van der Waals surface area contributed by atoms with Gasteiger partial charge in [-0.05, 0) is 31.0 Å². The number of hydrogen-bond acceptors (Lipinski definition) is 9. The quantitative estimate of drug-likeness (QED) is 0.205. The first kappa shape index (κ1) is 28.8. The Morgan fingerprint density at radius 3 is 2.60 bits per heavy atom. The number of halogens is 3. The number of alkyl halides is 3. The minimum absolute atomic E-state index is 0.0229. The van der Waals surface area contributed by atoms with Crippen LogP contribution in [0.1, 0.15) is 39.9 Å². The van der Waals surface area contributed by atoms with Crippen molar-refractivity contribution in [2.45, 2.75) is 31.2 Å². The highest BCUT2D eigenvalue weighted by atomic mass is 32.1. The molecule has 6 rings (SSSR count). The number of nitrogens with zero attached hydrogens (tertiary/aromatic N) is 4. The second-order valence-corrected chi connectivity index (χ2v) is 11.5. The monoisotopic (exact) mass is 607 g/mol. The number of nitrogens with two attached hydrogens (primary N) is 2. The third-order valence-corrected chi connectivity index (χ3v) is 8.82. The number of carbonyl (C=O) groups excluding carboxylic acids is 1. The SMILES string of the molecule is NC(=O)c1sc2nc(N3CCC(NCC(O)c4ccc(-c5cccc6cccnc56)cn4)CC3)cc(C(F)(F)F)c2c1N. The highest BCUT2D eigenvalue weighted by Gasteiger charge is 2.37. The summed E-state index contributed by atoms with van der Waals surface area (Å²) < 4.78 is 41.8. The molecule has 1 aromatic carbocycles. The number of carbonyl (C=O) groups is 1. The third-order valence-electron chi connectivity index (χ3n) is 7.70. The summed E-state index contributed by atoms with van der Waals surface area (Å²) >= 11 is 0.764. The number of aliphatic hydroxyl groups is 1. The highest BCUT2D eigenvalue weighted by Crippen LogP contribution is 2.43. The van der Waals surface area contributed by atoms with Gasteiger partial charge in [-0.3, -0.25) is 14.8 Å². The van der Waals surface area contributed by atoms with E-state index in [1.54, 1.807) is 23.4 Å². The number of anilines is 2. The van der Waals surface area contributed by atoms with Gasteiger partial charge in [0.2, 0.25) is 0 Å². The van der Waals surface area contributed by atoms with Crippen LogP contribution in [-0.2, 0) is 6.18 Å². The zero-order valence-electron chi connectivity index (χ0n) is 22.8. The van der Waals surface area contributed by atoms with Crippen LogP contribution in [0.5, 0.6) is 0 Å². The van der Waals surface area contributed by atoms with Gasteiger partial charge < -0.3 is 26.8 Å². The van der Waals surface area contributed by atoms with Crippen LogP contribution in [0.3, 0.4) is 0 Å². The number of amides is 1. The van der Waals surface area contributed by atoms with Crippen molar-refractivity contribution >= 4 is 49.9 Å². The average Bonchev–Trinajstić information content (AvgIpc) is 3.35. The maximum Gasteiger partial charge on any atom is 0.417 e. The molecule has 1 atom stereocenters.